The molecule has 51 heavy (non-hydrogen) atoms. The number of amides is 2. The van der Waals surface area contributed by atoms with Gasteiger partial charge in [-0.1, -0.05) is 30.3 Å². The van der Waals surface area contributed by atoms with Gasteiger partial charge in [-0.05, 0) is 67.1 Å². The number of pyridine rings is 1. The Morgan fingerprint density at radius 1 is 1.02 bits per heavy atom. The fraction of sp³-hybridized carbons (Fsp3) is 0.378. The quantitative estimate of drug-likeness (QED) is 0.249. The summed E-state index contributed by atoms with van der Waals surface area (Å²) in [6.45, 7) is 3.14. The minimum absolute atomic E-state index is 0.0325. The van der Waals surface area contributed by atoms with Crippen molar-refractivity contribution in [1.82, 2.24) is 28.9 Å². The van der Waals surface area contributed by atoms with Gasteiger partial charge in [0.25, 0.3) is 11.5 Å². The van der Waals surface area contributed by atoms with E-state index in [-0.39, 0.29) is 29.8 Å². The van der Waals surface area contributed by atoms with Crippen molar-refractivity contribution in [2.24, 2.45) is 13.0 Å². The number of piperidine rings is 2. The number of nitrogens with zero attached hydrogens (tertiary/aromatic N) is 6. The molecular weight excluding hydrogens is 682 g/mol. The average Bonchev–Trinajstić information content (AvgIpc) is 3.71. The Balaban J connectivity index is 1.05. The van der Waals surface area contributed by atoms with Gasteiger partial charge >= 0.3 is 6.18 Å². The highest BCUT2D eigenvalue weighted by Gasteiger charge is 2.42. The molecule has 5 aromatic rings. The maximum atomic E-state index is 14.1. The number of alkyl halides is 3. The van der Waals surface area contributed by atoms with Crippen LogP contribution in [0.25, 0.3) is 21.5 Å². The molecule has 0 saturated carbocycles. The number of carbonyl (C=O) groups excluding carboxylic acids is 2. The number of hydrogen-bond donors (Lipinski definition) is 1. The number of aromatic nitrogens is 4. The van der Waals surface area contributed by atoms with E-state index in [4.69, 9.17) is 0 Å². The van der Waals surface area contributed by atoms with Gasteiger partial charge in [-0.15, -0.1) is 11.3 Å². The lowest BCUT2D eigenvalue weighted by molar-refractivity contribution is -0.142. The second-order valence-electron chi connectivity index (χ2n) is 13.6. The van der Waals surface area contributed by atoms with Crippen molar-refractivity contribution in [1.29, 1.82) is 0 Å². The Labute approximate surface area is 295 Å². The molecule has 4 aromatic heterocycles. The van der Waals surface area contributed by atoms with Crippen molar-refractivity contribution in [3.8, 4) is 10.4 Å². The van der Waals surface area contributed by atoms with Crippen molar-refractivity contribution in [3.05, 3.63) is 105 Å². The summed E-state index contributed by atoms with van der Waals surface area (Å²) in [5, 5.41) is 12.0. The van der Waals surface area contributed by atoms with E-state index in [1.54, 1.807) is 39.6 Å². The zero-order valence-corrected chi connectivity index (χ0v) is 29.0. The Bertz CT molecular complexity index is 2150. The number of aryl methyl sites for hydroxylation is 2. The molecule has 1 aromatic carbocycles. The fourth-order valence-corrected chi connectivity index (χ4v) is 8.51. The van der Waals surface area contributed by atoms with Crippen LogP contribution in [0.2, 0.25) is 0 Å². The molecule has 0 spiro atoms. The van der Waals surface area contributed by atoms with Gasteiger partial charge in [0.05, 0.1) is 22.4 Å². The van der Waals surface area contributed by atoms with E-state index in [0.29, 0.717) is 77.4 Å². The molecule has 0 unspecified atom stereocenters. The summed E-state index contributed by atoms with van der Waals surface area (Å²) < 4.78 is 43.2. The zero-order chi connectivity index (χ0) is 36.1. The van der Waals surface area contributed by atoms with Gasteiger partial charge in [0.2, 0.25) is 5.91 Å². The van der Waals surface area contributed by atoms with Gasteiger partial charge in [0.1, 0.15) is 17.7 Å². The molecule has 2 amide bonds. The first kappa shape index (κ1) is 34.6. The Morgan fingerprint density at radius 2 is 1.76 bits per heavy atom. The summed E-state index contributed by atoms with van der Waals surface area (Å²) in [5.74, 6) is -0.939. The number of aliphatic hydroxyl groups is 1. The van der Waals surface area contributed by atoms with E-state index < -0.39 is 23.4 Å². The molecule has 2 atom stereocenters. The van der Waals surface area contributed by atoms with E-state index in [9.17, 15) is 32.7 Å². The summed E-state index contributed by atoms with van der Waals surface area (Å²) in [4.78, 5) is 53.5. The van der Waals surface area contributed by atoms with Crippen molar-refractivity contribution in [3.63, 3.8) is 0 Å². The number of benzene rings is 1. The fourth-order valence-electron chi connectivity index (χ4n) is 7.37. The Kier molecular flexibility index (Phi) is 9.08. The summed E-state index contributed by atoms with van der Waals surface area (Å²) in [7, 11) is 1.81. The predicted octanol–water partition coefficient (Wildman–Crippen LogP) is 5.49. The van der Waals surface area contributed by atoms with Crippen LogP contribution in [-0.2, 0) is 24.6 Å². The molecule has 1 N–H and O–H groups in total. The van der Waals surface area contributed by atoms with E-state index in [1.165, 1.54) is 17.0 Å². The zero-order valence-electron chi connectivity index (χ0n) is 28.1. The van der Waals surface area contributed by atoms with E-state index in [1.807, 2.05) is 37.4 Å². The first-order valence-corrected chi connectivity index (χ1v) is 17.6. The molecule has 6 heterocycles. The Hall–Kier alpha value is -4.82. The van der Waals surface area contributed by atoms with Crippen molar-refractivity contribution >= 4 is 34.2 Å². The second-order valence-corrected chi connectivity index (χ2v) is 14.7. The molecule has 2 aliphatic rings. The molecule has 7 rings (SSSR count). The third-order valence-electron chi connectivity index (χ3n) is 10.2. The van der Waals surface area contributed by atoms with Crippen LogP contribution in [-0.4, -0.2) is 77.6 Å². The van der Waals surface area contributed by atoms with E-state index >= 15 is 0 Å². The van der Waals surface area contributed by atoms with Crippen LogP contribution in [0, 0.1) is 12.8 Å². The maximum absolute atomic E-state index is 14.1. The van der Waals surface area contributed by atoms with E-state index in [2.05, 4.69) is 9.97 Å². The molecule has 2 aliphatic heterocycles. The average molecular weight is 719 g/mol. The molecular formula is C37H37F3N6O4S. The number of thiophene rings is 1. The Morgan fingerprint density at radius 3 is 2.49 bits per heavy atom. The number of rotatable bonds is 6. The molecule has 0 radical (unpaired) electrons. The highest BCUT2D eigenvalue weighted by molar-refractivity contribution is 7.17. The molecule has 266 valence electrons. The number of halogens is 3. The van der Waals surface area contributed by atoms with Crippen molar-refractivity contribution in [2.45, 2.75) is 50.4 Å². The third kappa shape index (κ3) is 6.81. The topological polar surface area (TPSA) is 114 Å². The summed E-state index contributed by atoms with van der Waals surface area (Å²) in [6.07, 6.45) is 0.797. The molecule has 2 fully saturated rings. The van der Waals surface area contributed by atoms with Gasteiger partial charge in [-0.2, -0.15) is 13.2 Å². The molecule has 2 saturated heterocycles. The molecule has 10 nitrogen and oxygen atoms in total. The summed E-state index contributed by atoms with van der Waals surface area (Å²) >= 11 is 1.15. The van der Waals surface area contributed by atoms with Crippen LogP contribution in [0.15, 0.2) is 78.1 Å². The minimum Gasteiger partial charge on any atom is -0.388 e. The maximum Gasteiger partial charge on any atom is 0.433 e. The monoisotopic (exact) mass is 718 g/mol. The summed E-state index contributed by atoms with van der Waals surface area (Å²) in [5.41, 5.74) is 0.161. The van der Waals surface area contributed by atoms with Gasteiger partial charge in [-0.25, -0.2) is 4.98 Å². The largest absolute Gasteiger partial charge is 0.433 e. The smallest absolute Gasteiger partial charge is 0.388 e. The molecule has 0 aliphatic carbocycles. The lowest BCUT2D eigenvalue weighted by Gasteiger charge is -2.43. The van der Waals surface area contributed by atoms with Crippen LogP contribution in [0.4, 0.5) is 13.2 Å². The highest BCUT2D eigenvalue weighted by atomic mass is 32.1. The van der Waals surface area contributed by atoms with Gasteiger partial charge in [0, 0.05) is 62.3 Å². The third-order valence-corrected chi connectivity index (χ3v) is 11.5. The van der Waals surface area contributed by atoms with Gasteiger partial charge in [-0.3, -0.25) is 23.9 Å². The normalized spacial score (nSPS) is 19.4. The van der Waals surface area contributed by atoms with Crippen molar-refractivity contribution < 1.29 is 27.9 Å². The molecule has 0 bridgehead atoms. The SMILES string of the molecule is Cc1cc(C(=O)N2CC[C@@H](C(=O)N3CCC(O)(Cn4cnc5c(ccn5C)c4=O)CC3)[C@H](c3ccccc3)C2)sc1-c1ccnc(C(F)(F)F)c1. The van der Waals surface area contributed by atoms with Crippen LogP contribution in [0.5, 0.6) is 0 Å². The van der Waals surface area contributed by atoms with Crippen LogP contribution in [0.3, 0.4) is 0 Å². The second kappa shape index (κ2) is 13.4. The van der Waals surface area contributed by atoms with Crippen LogP contribution >= 0.6 is 11.3 Å². The first-order chi connectivity index (χ1) is 24.3. The number of carbonyl (C=O) groups is 2. The highest BCUT2D eigenvalue weighted by Crippen LogP contribution is 2.39. The van der Waals surface area contributed by atoms with Gasteiger partial charge < -0.3 is 19.5 Å². The number of fused-ring (bicyclic) bond motifs is 1. The lowest BCUT2D eigenvalue weighted by atomic mass is 9.79. The number of likely N-dealkylation sites (tertiary alicyclic amines) is 2. The molecule has 14 heteroatoms. The number of hydrogen-bond acceptors (Lipinski definition) is 7. The minimum atomic E-state index is -4.58. The summed E-state index contributed by atoms with van der Waals surface area (Å²) in [6, 6.07) is 15.5. The first-order valence-electron chi connectivity index (χ1n) is 16.8. The van der Waals surface area contributed by atoms with Gasteiger partial charge in [0.15, 0.2) is 0 Å². The standard InChI is InChI=1S/C37H37F3N6O4S/c1-23-18-29(51-31(23)25-8-13-41-30(19-25)37(38,39)40)35(49)45-15-10-26(28(20-45)24-6-4-3-5-7-24)33(47)44-16-11-36(50,12-17-44)21-46-22-42-32-27(34(46)48)9-14-43(32)2/h3-9,13-14,18-19,22,26,28,50H,10-12,15-17,20-21H2,1-2H3/t26-,28+/m1/s1. The van der Waals surface area contributed by atoms with Crippen molar-refractivity contribution in [2.75, 3.05) is 26.2 Å². The lowest BCUT2D eigenvalue weighted by Crippen LogP contribution is -2.53. The van der Waals surface area contributed by atoms with Crippen LogP contribution < -0.4 is 5.56 Å². The van der Waals surface area contributed by atoms with E-state index in [0.717, 1.165) is 29.2 Å². The predicted molar refractivity (Wildman–Crippen MR) is 186 cm³/mol. The van der Waals surface area contributed by atoms with Crippen LogP contribution in [0.1, 0.15) is 51.7 Å².